The summed E-state index contributed by atoms with van der Waals surface area (Å²) < 4.78 is 0. The number of hydrogen-bond acceptors (Lipinski definition) is 3. The van der Waals surface area contributed by atoms with Crippen LogP contribution in [0.5, 0.6) is 0 Å². The van der Waals surface area contributed by atoms with Crippen LogP contribution in [0.1, 0.15) is 29.8 Å². The highest BCUT2D eigenvalue weighted by Gasteiger charge is 2.22. The summed E-state index contributed by atoms with van der Waals surface area (Å²) in [5, 5.41) is 0.546. The van der Waals surface area contributed by atoms with Crippen molar-refractivity contribution in [1.29, 1.82) is 0 Å². The zero-order chi connectivity index (χ0) is 17.1. The zero-order valence-electron chi connectivity index (χ0n) is 14.5. The zero-order valence-corrected chi connectivity index (χ0v) is 15.3. The van der Waals surface area contributed by atoms with Gasteiger partial charge in [-0.25, -0.2) is 0 Å². The maximum absolute atomic E-state index is 12.9. The Hall–Kier alpha value is -1.94. The molecule has 1 aliphatic heterocycles. The molecule has 4 heteroatoms. The standard InChI is InChI=1S/C20H24N2OS/c1-15(2)24-18-10-8-16(9-11-18)20(23)22-13-12-21(3)19-7-5-4-6-17(19)14-22/h4-11,15H,12-14H2,1-3H3. The van der Waals surface area contributed by atoms with E-state index in [1.54, 1.807) is 0 Å². The highest BCUT2D eigenvalue weighted by atomic mass is 32.2. The Balaban J connectivity index is 1.78. The van der Waals surface area contributed by atoms with Crippen molar-refractivity contribution in [3.8, 4) is 0 Å². The molecular weight excluding hydrogens is 316 g/mol. The maximum Gasteiger partial charge on any atom is 0.254 e. The number of hydrogen-bond donors (Lipinski definition) is 0. The van der Waals surface area contributed by atoms with E-state index < -0.39 is 0 Å². The summed E-state index contributed by atoms with van der Waals surface area (Å²) >= 11 is 1.82. The van der Waals surface area contributed by atoms with Crippen LogP contribution in [-0.2, 0) is 6.54 Å². The maximum atomic E-state index is 12.9. The van der Waals surface area contributed by atoms with Crippen molar-refractivity contribution in [2.24, 2.45) is 0 Å². The summed E-state index contributed by atoms with van der Waals surface area (Å²) in [6, 6.07) is 16.3. The van der Waals surface area contributed by atoms with Gasteiger partial charge in [0.25, 0.3) is 5.91 Å². The van der Waals surface area contributed by atoms with Crippen molar-refractivity contribution in [2.45, 2.75) is 30.5 Å². The molecule has 126 valence electrons. The first-order chi connectivity index (χ1) is 11.5. The molecule has 0 saturated heterocycles. The average Bonchev–Trinajstić information content (AvgIpc) is 2.74. The van der Waals surface area contributed by atoms with Gasteiger partial charge in [0.05, 0.1) is 0 Å². The van der Waals surface area contributed by atoms with Gasteiger partial charge in [0.15, 0.2) is 0 Å². The monoisotopic (exact) mass is 340 g/mol. The predicted molar refractivity (Wildman–Crippen MR) is 102 cm³/mol. The van der Waals surface area contributed by atoms with E-state index in [4.69, 9.17) is 0 Å². The molecule has 0 saturated carbocycles. The van der Waals surface area contributed by atoms with E-state index >= 15 is 0 Å². The van der Waals surface area contributed by atoms with Gasteiger partial charge in [0.1, 0.15) is 0 Å². The SMILES string of the molecule is CC(C)Sc1ccc(C(=O)N2CCN(C)c3ccccc3C2)cc1. The van der Waals surface area contributed by atoms with Crippen LogP contribution < -0.4 is 4.90 Å². The van der Waals surface area contributed by atoms with Crippen LogP contribution in [0.3, 0.4) is 0 Å². The number of carbonyl (C=O) groups is 1. The lowest BCUT2D eigenvalue weighted by Crippen LogP contribution is -2.34. The smallest absolute Gasteiger partial charge is 0.254 e. The van der Waals surface area contributed by atoms with Gasteiger partial charge in [-0.3, -0.25) is 4.79 Å². The van der Waals surface area contributed by atoms with E-state index in [1.165, 1.54) is 16.1 Å². The minimum atomic E-state index is 0.112. The molecule has 24 heavy (non-hydrogen) atoms. The molecule has 0 bridgehead atoms. The third-order valence-electron chi connectivity index (χ3n) is 4.23. The fourth-order valence-corrected chi connectivity index (χ4v) is 3.83. The van der Waals surface area contributed by atoms with Gasteiger partial charge in [0, 0.05) is 48.1 Å². The molecule has 0 radical (unpaired) electrons. The van der Waals surface area contributed by atoms with E-state index in [1.807, 2.05) is 34.9 Å². The fourth-order valence-electron chi connectivity index (χ4n) is 3.00. The second kappa shape index (κ2) is 7.31. The van der Waals surface area contributed by atoms with Crippen LogP contribution in [0.2, 0.25) is 0 Å². The van der Waals surface area contributed by atoms with Crippen LogP contribution in [-0.4, -0.2) is 36.2 Å². The highest BCUT2D eigenvalue weighted by Crippen LogP contribution is 2.26. The van der Waals surface area contributed by atoms with Gasteiger partial charge >= 0.3 is 0 Å². The molecule has 0 fully saturated rings. The van der Waals surface area contributed by atoms with Gasteiger partial charge in [-0.05, 0) is 35.9 Å². The number of nitrogens with zero attached hydrogens (tertiary/aromatic N) is 2. The van der Waals surface area contributed by atoms with Crippen LogP contribution >= 0.6 is 11.8 Å². The Morgan fingerprint density at radius 3 is 2.46 bits per heavy atom. The van der Waals surface area contributed by atoms with E-state index in [0.29, 0.717) is 11.8 Å². The molecule has 0 aromatic heterocycles. The van der Waals surface area contributed by atoms with Crippen LogP contribution in [0.25, 0.3) is 0 Å². The van der Waals surface area contributed by atoms with Crippen LogP contribution in [0.4, 0.5) is 5.69 Å². The lowest BCUT2D eigenvalue weighted by Gasteiger charge is -2.21. The molecule has 3 nitrogen and oxygen atoms in total. The second-order valence-electron chi connectivity index (χ2n) is 6.47. The number of thioether (sulfide) groups is 1. The van der Waals surface area contributed by atoms with Crippen LogP contribution in [0.15, 0.2) is 53.4 Å². The van der Waals surface area contributed by atoms with Gasteiger partial charge in [-0.15, -0.1) is 11.8 Å². The van der Waals surface area contributed by atoms with Crippen molar-refractivity contribution in [3.05, 3.63) is 59.7 Å². The lowest BCUT2D eigenvalue weighted by molar-refractivity contribution is 0.0751. The molecule has 3 rings (SSSR count). The Labute approximate surface area is 148 Å². The summed E-state index contributed by atoms with van der Waals surface area (Å²) in [6.07, 6.45) is 0. The Morgan fingerprint density at radius 1 is 1.04 bits per heavy atom. The van der Waals surface area contributed by atoms with Crippen molar-refractivity contribution < 1.29 is 4.79 Å². The minimum absolute atomic E-state index is 0.112. The van der Waals surface area contributed by atoms with Gasteiger partial charge in [0.2, 0.25) is 0 Å². The number of anilines is 1. The minimum Gasteiger partial charge on any atom is -0.373 e. The normalized spacial score (nSPS) is 14.5. The molecule has 0 unspecified atom stereocenters. The summed E-state index contributed by atoms with van der Waals surface area (Å²) in [5.74, 6) is 0.112. The first-order valence-electron chi connectivity index (χ1n) is 8.39. The highest BCUT2D eigenvalue weighted by molar-refractivity contribution is 7.99. The Kier molecular flexibility index (Phi) is 5.14. The Bertz CT molecular complexity index is 712. The van der Waals surface area contributed by atoms with E-state index in [9.17, 15) is 4.79 Å². The molecule has 1 aliphatic rings. The number of para-hydroxylation sites is 1. The fraction of sp³-hybridized carbons (Fsp3) is 0.350. The molecule has 0 N–H and O–H groups in total. The molecular formula is C20H24N2OS. The van der Waals surface area contributed by atoms with Crippen molar-refractivity contribution in [3.63, 3.8) is 0 Å². The number of rotatable bonds is 3. The number of benzene rings is 2. The first-order valence-corrected chi connectivity index (χ1v) is 9.27. The third-order valence-corrected chi connectivity index (χ3v) is 5.25. The van der Waals surface area contributed by atoms with Crippen LogP contribution in [0, 0.1) is 0 Å². The molecule has 0 atom stereocenters. The molecule has 2 aromatic carbocycles. The largest absolute Gasteiger partial charge is 0.373 e. The summed E-state index contributed by atoms with van der Waals surface area (Å²) in [5.41, 5.74) is 3.19. The van der Waals surface area contributed by atoms with Gasteiger partial charge < -0.3 is 9.80 Å². The first kappa shape index (κ1) is 16.9. The molecule has 0 spiro atoms. The summed E-state index contributed by atoms with van der Waals surface area (Å²) in [4.78, 5) is 18.3. The lowest BCUT2D eigenvalue weighted by atomic mass is 10.1. The topological polar surface area (TPSA) is 23.6 Å². The van der Waals surface area contributed by atoms with E-state index in [-0.39, 0.29) is 5.91 Å². The molecule has 2 aromatic rings. The van der Waals surface area contributed by atoms with Gasteiger partial charge in [-0.1, -0.05) is 32.0 Å². The van der Waals surface area contributed by atoms with Crippen molar-refractivity contribution in [1.82, 2.24) is 4.90 Å². The van der Waals surface area contributed by atoms with E-state index in [2.05, 4.69) is 56.1 Å². The average molecular weight is 340 g/mol. The summed E-state index contributed by atoms with van der Waals surface area (Å²) in [6.45, 7) is 6.61. The number of amides is 1. The quantitative estimate of drug-likeness (QED) is 0.779. The summed E-state index contributed by atoms with van der Waals surface area (Å²) in [7, 11) is 2.09. The van der Waals surface area contributed by atoms with E-state index in [0.717, 1.165) is 18.7 Å². The predicted octanol–water partition coefficient (Wildman–Crippen LogP) is 4.28. The van der Waals surface area contributed by atoms with Gasteiger partial charge in [-0.2, -0.15) is 0 Å². The molecule has 1 heterocycles. The molecule has 0 aliphatic carbocycles. The third kappa shape index (κ3) is 3.75. The Morgan fingerprint density at radius 2 is 1.75 bits per heavy atom. The number of likely N-dealkylation sites (N-methyl/N-ethyl adjacent to an activating group) is 1. The van der Waals surface area contributed by atoms with Crippen molar-refractivity contribution in [2.75, 3.05) is 25.0 Å². The number of carbonyl (C=O) groups excluding carboxylic acids is 1. The van der Waals surface area contributed by atoms with Crippen molar-refractivity contribution >= 4 is 23.4 Å². The molecule has 1 amide bonds. The second-order valence-corrected chi connectivity index (χ2v) is 8.12. The number of fused-ring (bicyclic) bond motifs is 1.